The molecule has 1 rings (SSSR count). The Balaban J connectivity index is 2.52. The Labute approximate surface area is 135 Å². The average molecular weight is 321 g/mol. The number of benzene rings is 1. The zero-order valence-corrected chi connectivity index (χ0v) is 13.1. The minimum Gasteiger partial charge on any atom is -0.508 e. The fraction of sp³-hybridized carbons (Fsp3) is 0.375. The Morgan fingerprint density at radius 1 is 1.48 bits per heavy atom. The number of amides is 2. The summed E-state index contributed by atoms with van der Waals surface area (Å²) in [6.07, 6.45) is 4.49. The fourth-order valence-electron chi connectivity index (χ4n) is 1.92. The normalized spacial score (nSPS) is 11.9. The maximum atomic E-state index is 11.4. The number of alkyl carbamates (subject to hydrolysis) is 1. The molecule has 1 atom stereocenters. The molecule has 5 N–H and O–H groups in total. The van der Waals surface area contributed by atoms with E-state index in [9.17, 15) is 14.7 Å². The van der Waals surface area contributed by atoms with Crippen LogP contribution in [-0.2, 0) is 9.53 Å². The van der Waals surface area contributed by atoms with Crippen LogP contribution in [0.4, 0.5) is 10.5 Å². The van der Waals surface area contributed by atoms with Crippen molar-refractivity contribution in [2.24, 2.45) is 0 Å². The molecule has 0 saturated heterocycles. The van der Waals surface area contributed by atoms with Crippen molar-refractivity contribution in [3.05, 3.63) is 29.8 Å². The number of rotatable bonds is 9. The lowest BCUT2D eigenvalue weighted by Gasteiger charge is -2.16. The number of allylic oxidation sites excluding steroid dienone is 1. The van der Waals surface area contributed by atoms with E-state index in [2.05, 4.69) is 10.6 Å². The molecule has 7 nitrogen and oxygen atoms in total. The summed E-state index contributed by atoms with van der Waals surface area (Å²) in [5, 5.41) is 14.5. The monoisotopic (exact) mass is 321 g/mol. The lowest BCUT2D eigenvalue weighted by atomic mass is 10.1. The molecule has 0 heterocycles. The lowest BCUT2D eigenvalue weighted by molar-refractivity contribution is -0.110. The number of phenolic OH excluding ortho intramolecular Hbond substituents is 1. The van der Waals surface area contributed by atoms with Crippen LogP contribution in [0.15, 0.2) is 24.3 Å². The second-order valence-electron chi connectivity index (χ2n) is 4.88. The molecule has 0 bridgehead atoms. The first-order valence-corrected chi connectivity index (χ1v) is 7.43. The highest BCUT2D eigenvalue weighted by Gasteiger charge is 2.12. The number of anilines is 1. The summed E-state index contributed by atoms with van der Waals surface area (Å²) in [5.41, 5.74) is 7.09. The number of nitrogens with one attached hydrogen (secondary N) is 2. The van der Waals surface area contributed by atoms with Gasteiger partial charge in [-0.25, -0.2) is 4.79 Å². The van der Waals surface area contributed by atoms with Crippen molar-refractivity contribution in [3.63, 3.8) is 0 Å². The topological polar surface area (TPSA) is 114 Å². The SMILES string of the molecule is CCNC(=O)OC(CCC=Cc1cc(O)ccc1N)CNC=O. The second kappa shape index (κ2) is 10.1. The van der Waals surface area contributed by atoms with Crippen LogP contribution in [-0.4, -0.2) is 36.8 Å². The summed E-state index contributed by atoms with van der Waals surface area (Å²) in [4.78, 5) is 21.8. The Hall–Kier alpha value is -2.70. The van der Waals surface area contributed by atoms with Gasteiger partial charge in [-0.2, -0.15) is 0 Å². The smallest absolute Gasteiger partial charge is 0.407 e. The Bertz CT molecular complexity index is 546. The standard InChI is InChI=1S/C16H23N3O4/c1-2-19-16(22)23-14(10-18-11-20)6-4-3-5-12-9-13(21)7-8-15(12)17/h3,5,7-9,11,14,21H,2,4,6,10,17H2,1H3,(H,18,20)(H,19,22). The van der Waals surface area contributed by atoms with Gasteiger partial charge in [0, 0.05) is 17.8 Å². The van der Waals surface area contributed by atoms with Crippen LogP contribution >= 0.6 is 0 Å². The molecular weight excluding hydrogens is 298 g/mol. The van der Waals surface area contributed by atoms with Crippen LogP contribution in [0, 0.1) is 0 Å². The van der Waals surface area contributed by atoms with Gasteiger partial charge in [-0.05, 0) is 38.0 Å². The molecule has 0 aliphatic carbocycles. The number of aromatic hydroxyl groups is 1. The molecule has 0 radical (unpaired) electrons. The molecule has 0 fully saturated rings. The van der Waals surface area contributed by atoms with Crippen molar-refractivity contribution in [1.82, 2.24) is 10.6 Å². The predicted octanol–water partition coefficient (Wildman–Crippen LogP) is 1.63. The third kappa shape index (κ3) is 7.21. The average Bonchev–Trinajstić information content (AvgIpc) is 2.52. The van der Waals surface area contributed by atoms with Crippen LogP contribution in [0.2, 0.25) is 0 Å². The van der Waals surface area contributed by atoms with Crippen molar-refractivity contribution in [1.29, 1.82) is 0 Å². The number of phenols is 1. The van der Waals surface area contributed by atoms with Gasteiger partial charge in [0.2, 0.25) is 6.41 Å². The zero-order valence-electron chi connectivity index (χ0n) is 13.1. The molecule has 0 aromatic heterocycles. The van der Waals surface area contributed by atoms with E-state index in [1.54, 1.807) is 25.1 Å². The maximum absolute atomic E-state index is 11.4. The van der Waals surface area contributed by atoms with Gasteiger partial charge >= 0.3 is 6.09 Å². The van der Waals surface area contributed by atoms with Crippen LogP contribution in [0.1, 0.15) is 25.3 Å². The van der Waals surface area contributed by atoms with Gasteiger partial charge in [-0.15, -0.1) is 0 Å². The number of carbonyl (C=O) groups excluding carboxylic acids is 2. The summed E-state index contributed by atoms with van der Waals surface area (Å²) in [5.74, 6) is 0.145. The summed E-state index contributed by atoms with van der Waals surface area (Å²) in [6.45, 7) is 2.52. The fourth-order valence-corrected chi connectivity index (χ4v) is 1.92. The third-order valence-electron chi connectivity index (χ3n) is 3.05. The van der Waals surface area contributed by atoms with Crippen LogP contribution in [0.3, 0.4) is 0 Å². The van der Waals surface area contributed by atoms with Gasteiger partial charge in [-0.1, -0.05) is 12.2 Å². The number of ether oxygens (including phenoxy) is 1. The molecule has 2 amide bonds. The van der Waals surface area contributed by atoms with Gasteiger partial charge in [0.25, 0.3) is 0 Å². The predicted molar refractivity (Wildman–Crippen MR) is 88.8 cm³/mol. The van der Waals surface area contributed by atoms with Gasteiger partial charge in [-0.3, -0.25) is 4.79 Å². The van der Waals surface area contributed by atoms with E-state index >= 15 is 0 Å². The Morgan fingerprint density at radius 2 is 2.26 bits per heavy atom. The summed E-state index contributed by atoms with van der Waals surface area (Å²) in [7, 11) is 0. The van der Waals surface area contributed by atoms with E-state index in [0.717, 1.165) is 5.56 Å². The molecule has 7 heteroatoms. The minimum absolute atomic E-state index is 0.145. The van der Waals surface area contributed by atoms with E-state index in [4.69, 9.17) is 10.5 Å². The molecule has 0 saturated carbocycles. The summed E-state index contributed by atoms with van der Waals surface area (Å²) < 4.78 is 5.22. The van der Waals surface area contributed by atoms with E-state index in [1.165, 1.54) is 6.07 Å². The Morgan fingerprint density at radius 3 is 2.96 bits per heavy atom. The van der Waals surface area contributed by atoms with E-state index in [0.29, 0.717) is 31.5 Å². The van der Waals surface area contributed by atoms with Crippen LogP contribution in [0.25, 0.3) is 6.08 Å². The highest BCUT2D eigenvalue weighted by atomic mass is 16.6. The van der Waals surface area contributed by atoms with Crippen molar-refractivity contribution in [2.45, 2.75) is 25.9 Å². The maximum Gasteiger partial charge on any atom is 0.407 e. The van der Waals surface area contributed by atoms with E-state index in [1.807, 2.05) is 6.08 Å². The van der Waals surface area contributed by atoms with Gasteiger partial charge in [0.15, 0.2) is 0 Å². The molecular formula is C16H23N3O4. The number of hydrogen-bond donors (Lipinski definition) is 4. The molecule has 1 aromatic carbocycles. The van der Waals surface area contributed by atoms with Crippen LogP contribution in [0.5, 0.6) is 5.75 Å². The second-order valence-corrected chi connectivity index (χ2v) is 4.88. The lowest BCUT2D eigenvalue weighted by Crippen LogP contribution is -2.34. The third-order valence-corrected chi connectivity index (χ3v) is 3.05. The minimum atomic E-state index is -0.508. The van der Waals surface area contributed by atoms with Gasteiger partial charge in [0.05, 0.1) is 6.54 Å². The molecule has 0 spiro atoms. The molecule has 23 heavy (non-hydrogen) atoms. The number of nitrogen functional groups attached to an aromatic ring is 1. The molecule has 0 aliphatic heterocycles. The van der Waals surface area contributed by atoms with Crippen molar-refractivity contribution >= 4 is 24.3 Å². The molecule has 1 unspecified atom stereocenters. The van der Waals surface area contributed by atoms with Crippen molar-refractivity contribution in [2.75, 3.05) is 18.8 Å². The first-order chi connectivity index (χ1) is 11.1. The first-order valence-electron chi connectivity index (χ1n) is 7.43. The van der Waals surface area contributed by atoms with E-state index in [-0.39, 0.29) is 12.3 Å². The van der Waals surface area contributed by atoms with Crippen molar-refractivity contribution < 1.29 is 19.4 Å². The summed E-state index contributed by atoms with van der Waals surface area (Å²) >= 11 is 0. The highest BCUT2D eigenvalue weighted by molar-refractivity contribution is 5.67. The van der Waals surface area contributed by atoms with Crippen LogP contribution < -0.4 is 16.4 Å². The molecule has 126 valence electrons. The number of carbonyl (C=O) groups is 2. The Kier molecular flexibility index (Phi) is 8.06. The van der Waals surface area contributed by atoms with E-state index < -0.39 is 12.2 Å². The number of nitrogens with two attached hydrogens (primary N) is 1. The summed E-state index contributed by atoms with van der Waals surface area (Å²) in [6, 6.07) is 4.72. The largest absolute Gasteiger partial charge is 0.508 e. The van der Waals surface area contributed by atoms with Gasteiger partial charge in [0.1, 0.15) is 11.9 Å². The number of hydrogen-bond acceptors (Lipinski definition) is 5. The highest BCUT2D eigenvalue weighted by Crippen LogP contribution is 2.20. The molecule has 1 aromatic rings. The zero-order chi connectivity index (χ0) is 17.1. The molecule has 0 aliphatic rings. The first kappa shape index (κ1) is 18.3. The quantitative estimate of drug-likeness (QED) is 0.313. The van der Waals surface area contributed by atoms with Crippen molar-refractivity contribution in [3.8, 4) is 5.75 Å². The van der Waals surface area contributed by atoms with Gasteiger partial charge < -0.3 is 26.2 Å².